The van der Waals surface area contributed by atoms with Crippen LogP contribution >= 0.6 is 0 Å². The van der Waals surface area contributed by atoms with E-state index >= 15 is 0 Å². The Morgan fingerprint density at radius 3 is 2.58 bits per heavy atom. The number of ether oxygens (including phenoxy) is 1. The SMILES string of the molecule is O=C(Cn1c([C@@H]2CC(=O)N(Cc3ccccc3)C2)nc2ccccc21)N1CCOCC1. The van der Waals surface area contributed by atoms with E-state index in [4.69, 9.17) is 9.72 Å². The van der Waals surface area contributed by atoms with Gasteiger partial charge < -0.3 is 19.1 Å². The largest absolute Gasteiger partial charge is 0.378 e. The van der Waals surface area contributed by atoms with Crippen LogP contribution in [0.4, 0.5) is 0 Å². The number of carbonyl (C=O) groups is 2. The lowest BCUT2D eigenvalue weighted by molar-refractivity contribution is -0.135. The van der Waals surface area contributed by atoms with E-state index in [1.54, 1.807) is 0 Å². The molecular formula is C24H26N4O3. The maximum absolute atomic E-state index is 13.0. The van der Waals surface area contributed by atoms with Crippen LogP contribution in [0.15, 0.2) is 54.6 Å². The van der Waals surface area contributed by atoms with Crippen LogP contribution in [0.3, 0.4) is 0 Å². The monoisotopic (exact) mass is 418 g/mol. The Hall–Kier alpha value is -3.19. The van der Waals surface area contributed by atoms with Crippen molar-refractivity contribution in [1.29, 1.82) is 0 Å². The normalized spacial score (nSPS) is 19.4. The van der Waals surface area contributed by atoms with Gasteiger partial charge in [0.1, 0.15) is 12.4 Å². The summed E-state index contributed by atoms with van der Waals surface area (Å²) >= 11 is 0. The van der Waals surface area contributed by atoms with E-state index in [1.165, 1.54) is 0 Å². The van der Waals surface area contributed by atoms with Crippen molar-refractivity contribution in [3.63, 3.8) is 0 Å². The van der Waals surface area contributed by atoms with Gasteiger partial charge >= 0.3 is 0 Å². The molecule has 2 aromatic carbocycles. The summed E-state index contributed by atoms with van der Waals surface area (Å²) in [5, 5.41) is 0. The molecule has 2 fully saturated rings. The lowest BCUT2D eigenvalue weighted by Gasteiger charge is -2.27. The number of fused-ring (bicyclic) bond motifs is 1. The predicted octanol–water partition coefficient (Wildman–Crippen LogP) is 2.41. The van der Waals surface area contributed by atoms with Crippen LogP contribution in [0.2, 0.25) is 0 Å². The molecule has 7 heteroatoms. The minimum absolute atomic E-state index is 0.0268. The minimum Gasteiger partial charge on any atom is -0.378 e. The second kappa shape index (κ2) is 8.51. The molecule has 2 amide bonds. The number of hydrogen-bond acceptors (Lipinski definition) is 4. The molecule has 0 unspecified atom stereocenters. The van der Waals surface area contributed by atoms with Crippen LogP contribution in [-0.2, 0) is 27.4 Å². The Balaban J connectivity index is 1.41. The summed E-state index contributed by atoms with van der Waals surface area (Å²) in [6, 6.07) is 17.9. The van der Waals surface area contributed by atoms with Crippen molar-refractivity contribution in [1.82, 2.24) is 19.4 Å². The van der Waals surface area contributed by atoms with Crippen molar-refractivity contribution < 1.29 is 14.3 Å². The topological polar surface area (TPSA) is 67.7 Å². The van der Waals surface area contributed by atoms with Crippen molar-refractivity contribution in [3.8, 4) is 0 Å². The fourth-order valence-electron chi connectivity index (χ4n) is 4.52. The van der Waals surface area contributed by atoms with Crippen molar-refractivity contribution in [2.24, 2.45) is 0 Å². The van der Waals surface area contributed by atoms with Gasteiger partial charge in [-0.3, -0.25) is 9.59 Å². The highest BCUT2D eigenvalue weighted by atomic mass is 16.5. The molecule has 160 valence electrons. The quantitative estimate of drug-likeness (QED) is 0.638. The first-order valence-electron chi connectivity index (χ1n) is 10.8. The standard InChI is InChI=1S/C24H26N4O3/c29-22-14-19(16-27(22)15-18-6-2-1-3-7-18)24-25-20-8-4-5-9-21(20)28(24)17-23(30)26-10-12-31-13-11-26/h1-9,19H,10-17H2/t19-/m1/s1. The zero-order valence-electron chi connectivity index (χ0n) is 17.4. The molecule has 31 heavy (non-hydrogen) atoms. The van der Waals surface area contributed by atoms with Gasteiger partial charge in [-0.1, -0.05) is 42.5 Å². The third-order valence-corrected chi connectivity index (χ3v) is 6.14. The van der Waals surface area contributed by atoms with Gasteiger partial charge in [0.2, 0.25) is 11.8 Å². The summed E-state index contributed by atoms with van der Waals surface area (Å²) in [4.78, 5) is 34.4. The lowest BCUT2D eigenvalue weighted by Crippen LogP contribution is -2.42. The number of nitrogens with zero attached hydrogens (tertiary/aromatic N) is 4. The molecule has 0 aliphatic carbocycles. The first kappa shape index (κ1) is 19.8. The number of carbonyl (C=O) groups excluding carboxylic acids is 2. The van der Waals surface area contributed by atoms with Gasteiger partial charge in [-0.15, -0.1) is 0 Å². The molecule has 3 aromatic rings. The number of imidazole rings is 1. The van der Waals surface area contributed by atoms with Gasteiger partial charge in [-0.05, 0) is 17.7 Å². The second-order valence-electron chi connectivity index (χ2n) is 8.20. The number of rotatable bonds is 5. The average molecular weight is 418 g/mol. The van der Waals surface area contributed by atoms with Gasteiger partial charge in [0.05, 0.1) is 24.2 Å². The van der Waals surface area contributed by atoms with E-state index < -0.39 is 0 Å². The Labute approximate surface area is 181 Å². The molecule has 2 aliphatic heterocycles. The minimum atomic E-state index is -0.0268. The highest BCUT2D eigenvalue weighted by molar-refractivity contribution is 5.83. The van der Waals surface area contributed by atoms with Crippen molar-refractivity contribution >= 4 is 22.8 Å². The van der Waals surface area contributed by atoms with E-state index in [-0.39, 0.29) is 24.3 Å². The maximum Gasteiger partial charge on any atom is 0.242 e. The van der Waals surface area contributed by atoms with Crippen LogP contribution in [0, 0.1) is 0 Å². The van der Waals surface area contributed by atoms with Crippen LogP contribution in [0.25, 0.3) is 11.0 Å². The van der Waals surface area contributed by atoms with Crippen LogP contribution < -0.4 is 0 Å². The number of benzene rings is 2. The van der Waals surface area contributed by atoms with Gasteiger partial charge in [-0.2, -0.15) is 0 Å². The number of amides is 2. The molecule has 3 heterocycles. The molecule has 5 rings (SSSR count). The summed E-state index contributed by atoms with van der Waals surface area (Å²) in [7, 11) is 0. The predicted molar refractivity (Wildman–Crippen MR) is 116 cm³/mol. The number of likely N-dealkylation sites (tertiary alicyclic amines) is 1. The number of morpholine rings is 1. The third kappa shape index (κ3) is 4.05. The van der Waals surface area contributed by atoms with Gasteiger partial charge in [-0.25, -0.2) is 4.98 Å². The van der Waals surface area contributed by atoms with E-state index in [9.17, 15) is 9.59 Å². The van der Waals surface area contributed by atoms with Crippen molar-refractivity contribution in [2.45, 2.75) is 25.4 Å². The van der Waals surface area contributed by atoms with Gasteiger partial charge in [0.25, 0.3) is 0 Å². The smallest absolute Gasteiger partial charge is 0.242 e. The molecule has 0 bridgehead atoms. The third-order valence-electron chi connectivity index (χ3n) is 6.14. The molecule has 2 aliphatic rings. The fourth-order valence-corrected chi connectivity index (χ4v) is 4.52. The van der Waals surface area contributed by atoms with E-state index in [0.29, 0.717) is 45.8 Å². The molecule has 2 saturated heterocycles. The molecule has 7 nitrogen and oxygen atoms in total. The van der Waals surface area contributed by atoms with Gasteiger partial charge in [0, 0.05) is 38.5 Å². The Kier molecular flexibility index (Phi) is 5.42. The molecule has 0 N–H and O–H groups in total. The molecular weight excluding hydrogens is 392 g/mol. The average Bonchev–Trinajstić information content (AvgIpc) is 3.35. The second-order valence-corrected chi connectivity index (χ2v) is 8.20. The van der Waals surface area contributed by atoms with Crippen LogP contribution in [-0.4, -0.2) is 64.0 Å². The number of aromatic nitrogens is 2. The summed E-state index contributed by atoms with van der Waals surface area (Å²) in [5.41, 5.74) is 2.92. The zero-order valence-corrected chi connectivity index (χ0v) is 17.4. The Bertz CT molecular complexity index is 1090. The number of hydrogen-bond donors (Lipinski definition) is 0. The van der Waals surface area contributed by atoms with Crippen molar-refractivity contribution in [3.05, 3.63) is 66.0 Å². The number of para-hydroxylation sites is 2. The first-order chi connectivity index (χ1) is 15.2. The Morgan fingerprint density at radius 1 is 1.03 bits per heavy atom. The first-order valence-corrected chi connectivity index (χ1v) is 10.8. The highest BCUT2D eigenvalue weighted by Gasteiger charge is 2.34. The van der Waals surface area contributed by atoms with Crippen LogP contribution in [0.5, 0.6) is 0 Å². The summed E-state index contributed by atoms with van der Waals surface area (Å²) in [6.07, 6.45) is 0.419. The molecule has 0 spiro atoms. The van der Waals surface area contributed by atoms with E-state index in [0.717, 1.165) is 22.4 Å². The summed E-state index contributed by atoms with van der Waals surface area (Å²) in [5.74, 6) is 0.998. The Morgan fingerprint density at radius 2 is 1.77 bits per heavy atom. The maximum atomic E-state index is 13.0. The fraction of sp³-hybridized carbons (Fsp3) is 0.375. The molecule has 1 aromatic heterocycles. The summed E-state index contributed by atoms with van der Waals surface area (Å²) in [6.45, 7) is 3.84. The molecule has 0 radical (unpaired) electrons. The molecule has 1 atom stereocenters. The van der Waals surface area contributed by atoms with Gasteiger partial charge in [0.15, 0.2) is 0 Å². The summed E-state index contributed by atoms with van der Waals surface area (Å²) < 4.78 is 7.39. The van der Waals surface area contributed by atoms with Crippen LogP contribution in [0.1, 0.15) is 23.7 Å². The van der Waals surface area contributed by atoms with E-state index in [1.807, 2.05) is 69.0 Å². The highest BCUT2D eigenvalue weighted by Crippen LogP contribution is 2.31. The van der Waals surface area contributed by atoms with Crippen molar-refractivity contribution in [2.75, 3.05) is 32.8 Å². The van der Waals surface area contributed by atoms with E-state index in [2.05, 4.69) is 0 Å². The lowest BCUT2D eigenvalue weighted by atomic mass is 10.1. The molecule has 0 saturated carbocycles. The zero-order chi connectivity index (χ0) is 21.2.